The number of amides is 1. The Bertz CT molecular complexity index is 919. The molecule has 9 heteroatoms. The van der Waals surface area contributed by atoms with Crippen molar-refractivity contribution in [3.8, 4) is 0 Å². The van der Waals surface area contributed by atoms with Gasteiger partial charge in [0.05, 0.1) is 41.8 Å². The number of hydrogen-bond acceptors (Lipinski definition) is 7. The molecule has 0 saturated carbocycles. The summed E-state index contributed by atoms with van der Waals surface area (Å²) in [4.78, 5) is 34.7. The highest BCUT2D eigenvalue weighted by molar-refractivity contribution is 7.13. The van der Waals surface area contributed by atoms with Crippen molar-refractivity contribution in [1.82, 2.24) is 19.7 Å². The van der Waals surface area contributed by atoms with Crippen LogP contribution in [0.15, 0.2) is 17.1 Å². The number of thiazole rings is 1. The van der Waals surface area contributed by atoms with E-state index in [2.05, 4.69) is 15.0 Å². The quantitative estimate of drug-likeness (QED) is 0.775. The lowest BCUT2D eigenvalue weighted by molar-refractivity contribution is 0.0674. The number of morpholine rings is 1. The Morgan fingerprint density at radius 2 is 2.04 bits per heavy atom. The number of rotatable bonds is 3. The molecule has 4 heterocycles. The van der Waals surface area contributed by atoms with Crippen LogP contribution in [-0.4, -0.2) is 65.0 Å². The minimum absolute atomic E-state index is 0.00536. The summed E-state index contributed by atoms with van der Waals surface area (Å²) in [5, 5.41) is 5.33. The number of aromatic nitrogens is 3. The second-order valence-corrected chi connectivity index (χ2v) is 8.49. The first-order valence-corrected chi connectivity index (χ1v) is 10.5. The van der Waals surface area contributed by atoms with Gasteiger partial charge in [-0.15, -0.1) is 11.3 Å². The van der Waals surface area contributed by atoms with E-state index in [4.69, 9.17) is 4.74 Å². The Morgan fingerprint density at radius 1 is 1.25 bits per heavy atom. The summed E-state index contributed by atoms with van der Waals surface area (Å²) in [6.45, 7) is 7.85. The highest BCUT2D eigenvalue weighted by Gasteiger charge is 2.29. The van der Waals surface area contributed by atoms with Gasteiger partial charge in [-0.05, 0) is 26.7 Å². The summed E-state index contributed by atoms with van der Waals surface area (Å²) in [7, 11) is 0. The van der Waals surface area contributed by atoms with Crippen molar-refractivity contribution in [2.45, 2.75) is 32.7 Å². The molecule has 2 aromatic heterocycles. The molecule has 2 saturated heterocycles. The second kappa shape index (κ2) is 8.00. The largest absolute Gasteiger partial charge is 0.378 e. The van der Waals surface area contributed by atoms with E-state index < -0.39 is 0 Å². The summed E-state index contributed by atoms with van der Waals surface area (Å²) < 4.78 is 6.90. The summed E-state index contributed by atoms with van der Waals surface area (Å²) >= 11 is 1.43. The summed E-state index contributed by atoms with van der Waals surface area (Å²) in [5.41, 5.74) is 1.50. The standard InChI is InChI=1S/C19H25N5O3S/c1-13-18(28-14(2)21-13)19(26)23-5-3-4-15(12-23)24-17(25)10-16(11-20-24)22-6-8-27-9-7-22/h10-11,15H,3-9,12H2,1-2H3/t15-/m1/s1. The van der Waals surface area contributed by atoms with E-state index in [-0.39, 0.29) is 17.5 Å². The van der Waals surface area contributed by atoms with Crippen LogP contribution in [0, 0.1) is 13.8 Å². The van der Waals surface area contributed by atoms with E-state index in [1.807, 2.05) is 18.7 Å². The van der Waals surface area contributed by atoms with Gasteiger partial charge in [-0.2, -0.15) is 5.10 Å². The van der Waals surface area contributed by atoms with E-state index in [9.17, 15) is 9.59 Å². The van der Waals surface area contributed by atoms with Gasteiger partial charge < -0.3 is 14.5 Å². The Hall–Kier alpha value is -2.26. The van der Waals surface area contributed by atoms with Crippen molar-refractivity contribution >= 4 is 22.9 Å². The van der Waals surface area contributed by atoms with Gasteiger partial charge in [-0.25, -0.2) is 9.67 Å². The topological polar surface area (TPSA) is 80.6 Å². The smallest absolute Gasteiger partial charge is 0.269 e. The van der Waals surface area contributed by atoms with Crippen LogP contribution in [0.5, 0.6) is 0 Å². The number of likely N-dealkylation sites (tertiary alicyclic amines) is 1. The minimum Gasteiger partial charge on any atom is -0.378 e. The number of carbonyl (C=O) groups is 1. The molecule has 2 aliphatic rings. The molecule has 2 fully saturated rings. The number of nitrogens with zero attached hydrogens (tertiary/aromatic N) is 5. The van der Waals surface area contributed by atoms with Crippen LogP contribution >= 0.6 is 11.3 Å². The molecule has 2 aliphatic heterocycles. The van der Waals surface area contributed by atoms with Crippen molar-refractivity contribution in [1.29, 1.82) is 0 Å². The second-order valence-electron chi connectivity index (χ2n) is 7.29. The zero-order valence-electron chi connectivity index (χ0n) is 16.3. The molecule has 28 heavy (non-hydrogen) atoms. The van der Waals surface area contributed by atoms with E-state index >= 15 is 0 Å². The van der Waals surface area contributed by atoms with Crippen LogP contribution in [-0.2, 0) is 4.74 Å². The number of aryl methyl sites for hydroxylation is 2. The average molecular weight is 404 g/mol. The molecule has 2 aromatic rings. The van der Waals surface area contributed by atoms with Gasteiger partial charge in [0, 0.05) is 32.2 Å². The third kappa shape index (κ3) is 3.81. The Labute approximate surface area is 167 Å². The predicted molar refractivity (Wildman–Crippen MR) is 107 cm³/mol. The van der Waals surface area contributed by atoms with Crippen molar-refractivity contribution in [2.75, 3.05) is 44.3 Å². The first-order valence-electron chi connectivity index (χ1n) is 9.68. The maximum atomic E-state index is 12.9. The van der Waals surface area contributed by atoms with Gasteiger partial charge in [0.25, 0.3) is 11.5 Å². The van der Waals surface area contributed by atoms with Crippen LogP contribution in [0.25, 0.3) is 0 Å². The minimum atomic E-state index is -0.117. The summed E-state index contributed by atoms with van der Waals surface area (Å²) in [5.74, 6) is 0.00536. The molecule has 150 valence electrons. The van der Waals surface area contributed by atoms with Gasteiger partial charge in [0.1, 0.15) is 4.88 Å². The zero-order chi connectivity index (χ0) is 19.7. The molecule has 1 atom stereocenters. The fourth-order valence-electron chi connectivity index (χ4n) is 3.89. The fourth-order valence-corrected chi connectivity index (χ4v) is 4.78. The monoisotopic (exact) mass is 403 g/mol. The first-order chi connectivity index (χ1) is 13.5. The molecule has 0 radical (unpaired) electrons. The molecule has 1 amide bonds. The Morgan fingerprint density at radius 3 is 2.71 bits per heavy atom. The summed E-state index contributed by atoms with van der Waals surface area (Å²) in [6, 6.07) is 1.55. The van der Waals surface area contributed by atoms with Gasteiger partial charge >= 0.3 is 0 Å². The third-order valence-electron chi connectivity index (χ3n) is 5.32. The van der Waals surface area contributed by atoms with Crippen molar-refractivity contribution < 1.29 is 9.53 Å². The Kier molecular flexibility index (Phi) is 5.45. The summed E-state index contributed by atoms with van der Waals surface area (Å²) in [6.07, 6.45) is 3.45. The molecule has 0 bridgehead atoms. The van der Waals surface area contributed by atoms with E-state index in [0.717, 1.165) is 42.3 Å². The number of hydrogen-bond donors (Lipinski definition) is 0. The number of piperidine rings is 1. The maximum absolute atomic E-state index is 12.9. The van der Waals surface area contributed by atoms with Crippen LogP contribution in [0.2, 0.25) is 0 Å². The van der Waals surface area contributed by atoms with Crippen molar-refractivity contribution in [2.24, 2.45) is 0 Å². The highest BCUT2D eigenvalue weighted by Crippen LogP contribution is 2.25. The molecular weight excluding hydrogens is 378 g/mol. The molecule has 0 N–H and O–H groups in total. The van der Waals surface area contributed by atoms with Crippen molar-refractivity contribution in [3.63, 3.8) is 0 Å². The van der Waals surface area contributed by atoms with E-state index in [1.165, 1.54) is 16.0 Å². The van der Waals surface area contributed by atoms with Gasteiger partial charge in [-0.3, -0.25) is 9.59 Å². The zero-order valence-corrected chi connectivity index (χ0v) is 17.1. The van der Waals surface area contributed by atoms with Gasteiger partial charge in [0.15, 0.2) is 0 Å². The molecule has 0 aliphatic carbocycles. The third-order valence-corrected chi connectivity index (χ3v) is 6.38. The van der Waals surface area contributed by atoms with Gasteiger partial charge in [-0.1, -0.05) is 0 Å². The SMILES string of the molecule is Cc1nc(C)c(C(=O)N2CCC[C@@H](n3ncc(N4CCOCC4)cc3=O)C2)s1. The predicted octanol–water partition coefficient (Wildman–Crippen LogP) is 1.63. The van der Waals surface area contributed by atoms with Crippen LogP contribution < -0.4 is 10.5 Å². The van der Waals surface area contributed by atoms with Crippen LogP contribution in [0.4, 0.5) is 5.69 Å². The molecule has 0 aromatic carbocycles. The lowest BCUT2D eigenvalue weighted by Gasteiger charge is -2.33. The van der Waals surface area contributed by atoms with Crippen molar-refractivity contribution in [3.05, 3.63) is 38.2 Å². The number of carbonyl (C=O) groups excluding carboxylic acids is 1. The lowest BCUT2D eigenvalue weighted by atomic mass is 10.1. The maximum Gasteiger partial charge on any atom is 0.269 e. The fraction of sp³-hybridized carbons (Fsp3) is 0.579. The normalized spacial score (nSPS) is 20.4. The first kappa shape index (κ1) is 19.1. The molecule has 0 unspecified atom stereocenters. The Balaban J connectivity index is 1.50. The molecule has 8 nitrogen and oxygen atoms in total. The lowest BCUT2D eigenvalue weighted by Crippen LogP contribution is -2.44. The van der Waals surface area contributed by atoms with E-state index in [1.54, 1.807) is 12.3 Å². The molecular formula is C19H25N5O3S. The van der Waals surface area contributed by atoms with Gasteiger partial charge in [0.2, 0.25) is 0 Å². The van der Waals surface area contributed by atoms with E-state index in [0.29, 0.717) is 31.2 Å². The van der Waals surface area contributed by atoms with Crippen LogP contribution in [0.3, 0.4) is 0 Å². The highest BCUT2D eigenvalue weighted by atomic mass is 32.1. The number of ether oxygens (including phenoxy) is 1. The number of anilines is 1. The molecule has 0 spiro atoms. The van der Waals surface area contributed by atoms with Crippen LogP contribution in [0.1, 0.15) is 39.3 Å². The molecule has 4 rings (SSSR count). The average Bonchev–Trinajstić information content (AvgIpc) is 3.06.